The van der Waals surface area contributed by atoms with Gasteiger partial charge >= 0.3 is 0 Å². The summed E-state index contributed by atoms with van der Waals surface area (Å²) in [5.41, 5.74) is 5.11. The van der Waals surface area contributed by atoms with Crippen LogP contribution in [0.25, 0.3) is 11.3 Å². The van der Waals surface area contributed by atoms with Crippen molar-refractivity contribution in [3.05, 3.63) is 53.2 Å². The monoisotopic (exact) mass is 350 g/mol. The first-order chi connectivity index (χ1) is 12.7. The van der Waals surface area contributed by atoms with E-state index in [-0.39, 0.29) is 5.91 Å². The third-order valence-electron chi connectivity index (χ3n) is 5.62. The number of carbonyl (C=O) groups is 1. The summed E-state index contributed by atoms with van der Waals surface area (Å²) in [7, 11) is 1.66. The minimum atomic E-state index is -0.0634. The molecule has 1 aromatic heterocycles. The Morgan fingerprint density at radius 3 is 2.62 bits per heavy atom. The average Bonchev–Trinajstić information content (AvgIpc) is 2.72. The molecule has 0 radical (unpaired) electrons. The molecule has 0 bridgehead atoms. The van der Waals surface area contributed by atoms with Crippen LogP contribution in [0.4, 0.5) is 0 Å². The Kier molecular flexibility index (Phi) is 6.43. The van der Waals surface area contributed by atoms with Gasteiger partial charge < -0.3 is 5.32 Å². The average molecular weight is 351 g/mol. The van der Waals surface area contributed by atoms with Crippen molar-refractivity contribution in [2.45, 2.75) is 58.3 Å². The molecule has 3 heteroatoms. The van der Waals surface area contributed by atoms with Crippen LogP contribution in [0, 0.1) is 5.92 Å². The van der Waals surface area contributed by atoms with Crippen molar-refractivity contribution >= 4 is 5.91 Å². The molecule has 1 N–H and O–H groups in total. The van der Waals surface area contributed by atoms with E-state index in [0.29, 0.717) is 5.56 Å². The molecule has 26 heavy (non-hydrogen) atoms. The molecular formula is C23H30N2O. The maximum Gasteiger partial charge on any atom is 0.252 e. The highest BCUT2D eigenvalue weighted by Crippen LogP contribution is 2.30. The summed E-state index contributed by atoms with van der Waals surface area (Å²) in [5, 5.41) is 2.70. The predicted octanol–water partition coefficient (Wildman–Crippen LogP) is 5.18. The van der Waals surface area contributed by atoms with E-state index in [2.05, 4.69) is 29.6 Å². The molecular weight excluding hydrogens is 320 g/mol. The lowest BCUT2D eigenvalue weighted by Crippen LogP contribution is -2.20. The second-order valence-electron chi connectivity index (χ2n) is 7.32. The van der Waals surface area contributed by atoms with Gasteiger partial charge in [0.2, 0.25) is 0 Å². The second kappa shape index (κ2) is 8.98. The van der Waals surface area contributed by atoms with Gasteiger partial charge in [-0.1, -0.05) is 63.3 Å². The molecule has 0 unspecified atom stereocenters. The van der Waals surface area contributed by atoms with E-state index in [0.717, 1.165) is 30.1 Å². The van der Waals surface area contributed by atoms with E-state index in [1.54, 1.807) is 7.05 Å². The maximum atomic E-state index is 12.0. The molecule has 1 saturated carbocycles. The van der Waals surface area contributed by atoms with E-state index >= 15 is 0 Å². The summed E-state index contributed by atoms with van der Waals surface area (Å²) in [6, 6.07) is 12.5. The number of aryl methyl sites for hydroxylation is 2. The van der Waals surface area contributed by atoms with Crippen molar-refractivity contribution in [1.29, 1.82) is 0 Å². The Labute approximate surface area is 157 Å². The zero-order chi connectivity index (χ0) is 18.4. The molecule has 2 aromatic rings. The Bertz CT molecular complexity index is 748. The molecule has 1 amide bonds. The maximum absolute atomic E-state index is 12.0. The first-order valence-corrected chi connectivity index (χ1v) is 10.0. The van der Waals surface area contributed by atoms with Gasteiger partial charge in [0.05, 0.1) is 17.0 Å². The lowest BCUT2D eigenvalue weighted by Gasteiger charge is -2.22. The lowest BCUT2D eigenvalue weighted by molar-refractivity contribution is 0.0962. The molecule has 138 valence electrons. The first-order valence-electron chi connectivity index (χ1n) is 10.0. The minimum absolute atomic E-state index is 0.0634. The first kappa shape index (κ1) is 18.6. The van der Waals surface area contributed by atoms with E-state index in [9.17, 15) is 4.79 Å². The van der Waals surface area contributed by atoms with Crippen LogP contribution in [0.3, 0.4) is 0 Å². The van der Waals surface area contributed by atoms with E-state index in [1.165, 1.54) is 49.7 Å². The number of hydrogen-bond donors (Lipinski definition) is 1. The second-order valence-corrected chi connectivity index (χ2v) is 7.32. The number of carbonyl (C=O) groups excluding carboxylic acids is 1. The summed E-state index contributed by atoms with van der Waals surface area (Å²) < 4.78 is 0. The molecule has 0 spiro atoms. The topological polar surface area (TPSA) is 42.0 Å². The fraction of sp³-hybridized carbons (Fsp3) is 0.478. The molecule has 0 atom stereocenters. The van der Waals surface area contributed by atoms with Crippen LogP contribution in [0.15, 0.2) is 36.4 Å². The van der Waals surface area contributed by atoms with Crippen molar-refractivity contribution in [2.75, 3.05) is 7.05 Å². The molecule has 1 aliphatic rings. The fourth-order valence-electron chi connectivity index (χ4n) is 4.09. The number of rotatable bonds is 6. The summed E-state index contributed by atoms with van der Waals surface area (Å²) >= 11 is 0. The molecule has 1 aliphatic carbocycles. The Morgan fingerprint density at radius 2 is 1.88 bits per heavy atom. The number of amides is 1. The lowest BCUT2D eigenvalue weighted by atomic mass is 9.84. The normalized spacial score (nSPS) is 15.0. The molecule has 1 aromatic carbocycles. The van der Waals surface area contributed by atoms with Gasteiger partial charge in [0, 0.05) is 12.6 Å². The zero-order valence-electron chi connectivity index (χ0n) is 16.1. The Hall–Kier alpha value is -2.16. The predicted molar refractivity (Wildman–Crippen MR) is 107 cm³/mol. The van der Waals surface area contributed by atoms with Crippen LogP contribution in [0.5, 0.6) is 0 Å². The third-order valence-corrected chi connectivity index (χ3v) is 5.62. The molecule has 1 fully saturated rings. The third kappa shape index (κ3) is 4.32. The SMILES string of the molecule is CCc1nc(-c2ccccc2CCC2CCCCC2)ccc1C(=O)NC. The molecule has 1 heterocycles. The van der Waals surface area contributed by atoms with Crippen LogP contribution in [0.2, 0.25) is 0 Å². The molecule has 3 rings (SSSR count). The minimum Gasteiger partial charge on any atom is -0.355 e. The number of pyridine rings is 1. The van der Waals surface area contributed by atoms with E-state index in [1.807, 2.05) is 19.1 Å². The van der Waals surface area contributed by atoms with Gasteiger partial charge in [0.15, 0.2) is 0 Å². The summed E-state index contributed by atoms with van der Waals surface area (Å²) in [5.74, 6) is 0.818. The highest BCUT2D eigenvalue weighted by atomic mass is 16.1. The number of benzene rings is 1. The highest BCUT2D eigenvalue weighted by molar-refractivity contribution is 5.95. The van der Waals surface area contributed by atoms with Gasteiger partial charge in [-0.2, -0.15) is 0 Å². The van der Waals surface area contributed by atoms with Crippen molar-refractivity contribution in [1.82, 2.24) is 10.3 Å². The van der Waals surface area contributed by atoms with Crippen molar-refractivity contribution < 1.29 is 4.79 Å². The molecule has 3 nitrogen and oxygen atoms in total. The largest absolute Gasteiger partial charge is 0.355 e. The van der Waals surface area contributed by atoms with Gasteiger partial charge in [-0.15, -0.1) is 0 Å². The molecule has 0 aliphatic heterocycles. The van der Waals surface area contributed by atoms with Crippen LogP contribution in [-0.2, 0) is 12.8 Å². The van der Waals surface area contributed by atoms with Crippen molar-refractivity contribution in [3.8, 4) is 11.3 Å². The zero-order valence-corrected chi connectivity index (χ0v) is 16.1. The van der Waals surface area contributed by atoms with Gasteiger partial charge in [0.1, 0.15) is 0 Å². The van der Waals surface area contributed by atoms with Gasteiger partial charge in [-0.25, -0.2) is 0 Å². The quantitative estimate of drug-likeness (QED) is 0.779. The standard InChI is InChI=1S/C23H30N2O/c1-3-21-20(23(26)24-2)15-16-22(25-21)19-12-8-7-11-18(19)14-13-17-9-5-4-6-10-17/h7-8,11-12,15-17H,3-6,9-10,13-14H2,1-2H3,(H,24,26). The van der Waals surface area contributed by atoms with Crippen LogP contribution in [0.1, 0.15) is 67.1 Å². The van der Waals surface area contributed by atoms with E-state index in [4.69, 9.17) is 4.98 Å². The van der Waals surface area contributed by atoms with Crippen molar-refractivity contribution in [2.24, 2.45) is 5.92 Å². The number of nitrogens with zero attached hydrogens (tertiary/aromatic N) is 1. The Morgan fingerprint density at radius 1 is 1.12 bits per heavy atom. The molecule has 0 saturated heterocycles. The van der Waals surface area contributed by atoms with Crippen LogP contribution >= 0.6 is 0 Å². The van der Waals surface area contributed by atoms with Gasteiger partial charge in [-0.05, 0) is 42.9 Å². The smallest absolute Gasteiger partial charge is 0.252 e. The van der Waals surface area contributed by atoms with Crippen LogP contribution in [-0.4, -0.2) is 17.9 Å². The number of nitrogens with one attached hydrogen (secondary N) is 1. The van der Waals surface area contributed by atoms with E-state index < -0.39 is 0 Å². The number of aromatic nitrogens is 1. The summed E-state index contributed by atoms with van der Waals surface area (Å²) in [4.78, 5) is 16.9. The van der Waals surface area contributed by atoms with Gasteiger partial charge in [0.25, 0.3) is 5.91 Å². The van der Waals surface area contributed by atoms with Crippen LogP contribution < -0.4 is 5.32 Å². The number of hydrogen-bond acceptors (Lipinski definition) is 2. The summed E-state index contributed by atoms with van der Waals surface area (Å²) in [6.07, 6.45) is 10.1. The summed E-state index contributed by atoms with van der Waals surface area (Å²) in [6.45, 7) is 2.05. The fourth-order valence-corrected chi connectivity index (χ4v) is 4.09. The van der Waals surface area contributed by atoms with Crippen molar-refractivity contribution in [3.63, 3.8) is 0 Å². The van der Waals surface area contributed by atoms with Gasteiger partial charge in [-0.3, -0.25) is 9.78 Å². The highest BCUT2D eigenvalue weighted by Gasteiger charge is 2.16. The Balaban J connectivity index is 1.83.